The molecule has 3 nitrogen and oxygen atoms in total. The lowest BCUT2D eigenvalue weighted by Gasteiger charge is -2.15. The van der Waals surface area contributed by atoms with E-state index in [0.717, 1.165) is 5.69 Å². The van der Waals surface area contributed by atoms with Gasteiger partial charge in [0.25, 0.3) is 5.56 Å². The van der Waals surface area contributed by atoms with Crippen LogP contribution in [0, 0.1) is 0 Å². The van der Waals surface area contributed by atoms with Crippen molar-refractivity contribution in [2.24, 2.45) is 0 Å². The molecule has 0 saturated heterocycles. The molecule has 17 heavy (non-hydrogen) atoms. The summed E-state index contributed by atoms with van der Waals surface area (Å²) in [6.07, 6.45) is 1.87. The van der Waals surface area contributed by atoms with E-state index in [0.29, 0.717) is 6.54 Å². The van der Waals surface area contributed by atoms with Crippen molar-refractivity contribution in [2.45, 2.75) is 26.4 Å². The zero-order chi connectivity index (χ0) is 12.3. The van der Waals surface area contributed by atoms with Crippen molar-refractivity contribution in [3.05, 3.63) is 51.1 Å². The largest absolute Gasteiger partial charge is 0.377 e. The van der Waals surface area contributed by atoms with E-state index in [1.807, 2.05) is 19.2 Å². The summed E-state index contributed by atoms with van der Waals surface area (Å²) in [6, 6.07) is 5.80. The molecule has 1 unspecified atom stereocenters. The molecule has 0 bridgehead atoms. The van der Waals surface area contributed by atoms with Gasteiger partial charge in [0.2, 0.25) is 0 Å². The lowest BCUT2D eigenvalue weighted by Crippen LogP contribution is -2.18. The average molecular weight is 248 g/mol. The first kappa shape index (κ1) is 11.9. The van der Waals surface area contributed by atoms with Crippen molar-refractivity contribution in [2.75, 3.05) is 5.32 Å². The highest BCUT2D eigenvalue weighted by molar-refractivity contribution is 7.07. The fourth-order valence-electron chi connectivity index (χ4n) is 1.72. The molecule has 0 amide bonds. The van der Waals surface area contributed by atoms with Crippen molar-refractivity contribution in [3.8, 4) is 0 Å². The molecule has 0 spiro atoms. The summed E-state index contributed by atoms with van der Waals surface area (Å²) in [5.41, 5.74) is 2.29. The molecule has 0 aromatic carbocycles. The van der Waals surface area contributed by atoms with E-state index in [1.54, 1.807) is 22.0 Å². The molecule has 2 aromatic rings. The number of nitrogens with one attached hydrogen (secondary N) is 1. The number of aryl methyl sites for hydroxylation is 1. The van der Waals surface area contributed by atoms with Gasteiger partial charge in [0.15, 0.2) is 0 Å². The number of rotatable bonds is 4. The lowest BCUT2D eigenvalue weighted by atomic mass is 10.2. The summed E-state index contributed by atoms with van der Waals surface area (Å²) < 4.78 is 1.70. The van der Waals surface area contributed by atoms with Crippen molar-refractivity contribution in [1.29, 1.82) is 0 Å². The van der Waals surface area contributed by atoms with Crippen LogP contribution in [0.4, 0.5) is 5.69 Å². The number of nitrogens with zero attached hydrogens (tertiary/aromatic N) is 1. The van der Waals surface area contributed by atoms with E-state index in [4.69, 9.17) is 0 Å². The van der Waals surface area contributed by atoms with Crippen LogP contribution in [0.1, 0.15) is 25.5 Å². The Morgan fingerprint density at radius 2 is 2.24 bits per heavy atom. The third kappa shape index (κ3) is 2.77. The normalized spacial score (nSPS) is 12.4. The molecule has 2 heterocycles. The SMILES string of the molecule is CCn1cc(NC(C)c2ccsc2)ccc1=O. The van der Waals surface area contributed by atoms with Crippen LogP contribution in [-0.2, 0) is 6.54 Å². The summed E-state index contributed by atoms with van der Waals surface area (Å²) in [5, 5.41) is 7.60. The van der Waals surface area contributed by atoms with E-state index in [9.17, 15) is 4.79 Å². The van der Waals surface area contributed by atoms with E-state index in [-0.39, 0.29) is 11.6 Å². The summed E-state index contributed by atoms with van der Waals surface area (Å²) in [5.74, 6) is 0. The second-order valence-electron chi connectivity index (χ2n) is 3.96. The van der Waals surface area contributed by atoms with Gasteiger partial charge in [0.1, 0.15) is 0 Å². The van der Waals surface area contributed by atoms with Gasteiger partial charge in [-0.2, -0.15) is 11.3 Å². The van der Waals surface area contributed by atoms with Crippen LogP contribution in [0.15, 0.2) is 40.0 Å². The molecule has 4 heteroatoms. The first-order valence-electron chi connectivity index (χ1n) is 5.70. The molecule has 0 aliphatic rings. The molecule has 0 aliphatic heterocycles. The zero-order valence-corrected chi connectivity index (χ0v) is 10.8. The smallest absolute Gasteiger partial charge is 0.250 e. The number of hydrogen-bond acceptors (Lipinski definition) is 3. The van der Waals surface area contributed by atoms with Crippen LogP contribution in [0.3, 0.4) is 0 Å². The van der Waals surface area contributed by atoms with Gasteiger partial charge in [-0.1, -0.05) is 0 Å². The van der Waals surface area contributed by atoms with Gasteiger partial charge < -0.3 is 9.88 Å². The highest BCUT2D eigenvalue weighted by Gasteiger charge is 2.06. The van der Waals surface area contributed by atoms with Crippen LogP contribution in [-0.4, -0.2) is 4.57 Å². The number of thiophene rings is 1. The maximum atomic E-state index is 11.5. The number of anilines is 1. The molecule has 2 aromatic heterocycles. The Bertz CT molecular complexity index is 531. The van der Waals surface area contributed by atoms with Crippen LogP contribution < -0.4 is 10.9 Å². The van der Waals surface area contributed by atoms with Crippen LogP contribution >= 0.6 is 11.3 Å². The van der Waals surface area contributed by atoms with E-state index in [1.165, 1.54) is 5.56 Å². The fourth-order valence-corrected chi connectivity index (χ4v) is 2.47. The highest BCUT2D eigenvalue weighted by atomic mass is 32.1. The highest BCUT2D eigenvalue weighted by Crippen LogP contribution is 2.20. The van der Waals surface area contributed by atoms with Crippen LogP contribution in [0.25, 0.3) is 0 Å². The van der Waals surface area contributed by atoms with E-state index < -0.39 is 0 Å². The first-order chi connectivity index (χ1) is 8.20. The molecule has 1 N–H and O–H groups in total. The third-order valence-corrected chi connectivity index (χ3v) is 3.45. The quantitative estimate of drug-likeness (QED) is 0.902. The molecular formula is C13H16N2OS. The first-order valence-corrected chi connectivity index (χ1v) is 6.64. The summed E-state index contributed by atoms with van der Waals surface area (Å²) >= 11 is 1.69. The Labute approximate surface area is 105 Å². The van der Waals surface area contributed by atoms with Crippen molar-refractivity contribution < 1.29 is 0 Å². The molecule has 1 atom stereocenters. The Kier molecular flexibility index (Phi) is 3.64. The van der Waals surface area contributed by atoms with Gasteiger partial charge in [-0.05, 0) is 42.3 Å². The fraction of sp³-hybridized carbons (Fsp3) is 0.308. The predicted octanol–water partition coefficient (Wildman–Crippen LogP) is 3.10. The number of pyridine rings is 1. The zero-order valence-electron chi connectivity index (χ0n) is 10.0. The van der Waals surface area contributed by atoms with Gasteiger partial charge >= 0.3 is 0 Å². The number of hydrogen-bond donors (Lipinski definition) is 1. The molecule has 0 fully saturated rings. The minimum atomic E-state index is 0.0428. The maximum Gasteiger partial charge on any atom is 0.250 e. The molecule has 0 radical (unpaired) electrons. The standard InChI is InChI=1S/C13H16N2OS/c1-3-15-8-12(4-5-13(15)16)14-10(2)11-6-7-17-9-11/h4-10,14H,3H2,1-2H3. The third-order valence-electron chi connectivity index (χ3n) is 2.75. The summed E-state index contributed by atoms with van der Waals surface area (Å²) in [4.78, 5) is 11.5. The second-order valence-corrected chi connectivity index (χ2v) is 4.74. The summed E-state index contributed by atoms with van der Waals surface area (Å²) in [7, 11) is 0. The Morgan fingerprint density at radius 3 is 2.88 bits per heavy atom. The van der Waals surface area contributed by atoms with Gasteiger partial charge in [0, 0.05) is 24.8 Å². The predicted molar refractivity (Wildman–Crippen MR) is 72.7 cm³/mol. The van der Waals surface area contributed by atoms with E-state index >= 15 is 0 Å². The average Bonchev–Trinajstić information content (AvgIpc) is 2.85. The molecule has 90 valence electrons. The second kappa shape index (κ2) is 5.19. The van der Waals surface area contributed by atoms with Crippen molar-refractivity contribution in [1.82, 2.24) is 4.57 Å². The molecule has 0 saturated carbocycles. The topological polar surface area (TPSA) is 34.0 Å². The van der Waals surface area contributed by atoms with Gasteiger partial charge in [-0.25, -0.2) is 0 Å². The maximum absolute atomic E-state index is 11.5. The molecule has 0 aliphatic carbocycles. The number of aromatic nitrogens is 1. The Hall–Kier alpha value is -1.55. The summed E-state index contributed by atoms with van der Waals surface area (Å²) in [6.45, 7) is 4.78. The van der Waals surface area contributed by atoms with Crippen LogP contribution in [0.2, 0.25) is 0 Å². The Morgan fingerprint density at radius 1 is 1.41 bits per heavy atom. The Balaban J connectivity index is 2.16. The lowest BCUT2D eigenvalue weighted by molar-refractivity contribution is 0.725. The minimum absolute atomic E-state index is 0.0428. The van der Waals surface area contributed by atoms with Gasteiger partial charge in [-0.15, -0.1) is 0 Å². The monoisotopic (exact) mass is 248 g/mol. The van der Waals surface area contributed by atoms with Gasteiger partial charge in [0.05, 0.1) is 5.69 Å². The van der Waals surface area contributed by atoms with Crippen molar-refractivity contribution in [3.63, 3.8) is 0 Å². The van der Waals surface area contributed by atoms with Gasteiger partial charge in [-0.3, -0.25) is 4.79 Å². The van der Waals surface area contributed by atoms with E-state index in [2.05, 4.69) is 29.1 Å². The van der Waals surface area contributed by atoms with Crippen LogP contribution in [0.5, 0.6) is 0 Å². The molecule has 2 rings (SSSR count). The molecular weight excluding hydrogens is 232 g/mol. The minimum Gasteiger partial charge on any atom is -0.377 e. The van der Waals surface area contributed by atoms with Crippen molar-refractivity contribution >= 4 is 17.0 Å².